The first-order valence-corrected chi connectivity index (χ1v) is 6.11. The lowest BCUT2D eigenvalue weighted by Gasteiger charge is -2.20. The molecule has 1 nitrogen and oxygen atoms in total. The Morgan fingerprint density at radius 3 is 2.36 bits per heavy atom. The fourth-order valence-corrected chi connectivity index (χ4v) is 1.85. The van der Waals surface area contributed by atoms with Crippen molar-refractivity contribution in [2.75, 3.05) is 5.32 Å². The van der Waals surface area contributed by atoms with Crippen molar-refractivity contribution in [3.63, 3.8) is 0 Å². The van der Waals surface area contributed by atoms with Crippen molar-refractivity contribution in [3.05, 3.63) is 27.3 Å². The summed E-state index contributed by atoms with van der Waals surface area (Å²) in [4.78, 5) is 0. The molecule has 0 fully saturated rings. The SMILES string of the molecule is Cc1cc(I)ccc1NC(C)C(C)C. The third kappa shape index (κ3) is 3.15. The zero-order chi connectivity index (χ0) is 10.7. The maximum absolute atomic E-state index is 3.53. The molecule has 2 heteroatoms. The lowest BCUT2D eigenvalue weighted by Crippen LogP contribution is -2.21. The van der Waals surface area contributed by atoms with Gasteiger partial charge in [0.1, 0.15) is 0 Å². The number of rotatable bonds is 3. The zero-order valence-electron chi connectivity index (χ0n) is 9.26. The van der Waals surface area contributed by atoms with Crippen LogP contribution in [-0.4, -0.2) is 6.04 Å². The predicted octanol–water partition coefficient (Wildman–Crippen LogP) is 4.06. The molecule has 1 aromatic carbocycles. The van der Waals surface area contributed by atoms with Gasteiger partial charge in [0.05, 0.1) is 0 Å². The van der Waals surface area contributed by atoms with Crippen molar-refractivity contribution in [1.82, 2.24) is 0 Å². The van der Waals surface area contributed by atoms with Crippen molar-refractivity contribution in [2.24, 2.45) is 5.92 Å². The molecule has 0 radical (unpaired) electrons. The minimum Gasteiger partial charge on any atom is -0.382 e. The molecular weight excluding hydrogens is 285 g/mol. The van der Waals surface area contributed by atoms with Gasteiger partial charge in [-0.15, -0.1) is 0 Å². The molecule has 1 N–H and O–H groups in total. The second-order valence-electron chi connectivity index (χ2n) is 4.14. The maximum Gasteiger partial charge on any atom is 0.0372 e. The van der Waals surface area contributed by atoms with Gasteiger partial charge in [0.15, 0.2) is 0 Å². The zero-order valence-corrected chi connectivity index (χ0v) is 11.4. The number of hydrogen-bond donors (Lipinski definition) is 1. The van der Waals surface area contributed by atoms with Crippen LogP contribution in [0.5, 0.6) is 0 Å². The van der Waals surface area contributed by atoms with E-state index in [2.05, 4.69) is 73.8 Å². The quantitative estimate of drug-likeness (QED) is 0.831. The van der Waals surface area contributed by atoms with Gasteiger partial charge in [-0.3, -0.25) is 0 Å². The van der Waals surface area contributed by atoms with Gasteiger partial charge in [-0.25, -0.2) is 0 Å². The number of halogens is 1. The molecule has 0 aliphatic rings. The van der Waals surface area contributed by atoms with Crippen LogP contribution in [0.4, 0.5) is 5.69 Å². The molecule has 78 valence electrons. The Kier molecular flexibility index (Phi) is 4.23. The average Bonchev–Trinajstić information content (AvgIpc) is 2.09. The van der Waals surface area contributed by atoms with Gasteiger partial charge in [0.2, 0.25) is 0 Å². The van der Waals surface area contributed by atoms with Crippen LogP contribution in [-0.2, 0) is 0 Å². The standard InChI is InChI=1S/C12H18IN/c1-8(2)10(4)14-12-6-5-11(13)7-9(12)3/h5-8,10,14H,1-4H3. The molecule has 0 amide bonds. The molecule has 1 aromatic rings. The van der Waals surface area contributed by atoms with Crippen LogP contribution < -0.4 is 5.32 Å². The van der Waals surface area contributed by atoms with Gasteiger partial charge in [0, 0.05) is 15.3 Å². The van der Waals surface area contributed by atoms with Crippen LogP contribution in [0.3, 0.4) is 0 Å². The molecule has 0 heterocycles. The summed E-state index contributed by atoms with van der Waals surface area (Å²) in [6.45, 7) is 8.85. The normalized spacial score (nSPS) is 13.0. The first-order chi connectivity index (χ1) is 6.50. The highest BCUT2D eigenvalue weighted by Crippen LogP contribution is 2.19. The van der Waals surface area contributed by atoms with Crippen LogP contribution in [0.25, 0.3) is 0 Å². The molecule has 0 saturated carbocycles. The summed E-state index contributed by atoms with van der Waals surface area (Å²) in [6.07, 6.45) is 0. The Hall–Kier alpha value is -0.250. The third-order valence-corrected chi connectivity index (χ3v) is 3.24. The van der Waals surface area contributed by atoms with E-state index >= 15 is 0 Å². The number of benzene rings is 1. The maximum atomic E-state index is 3.53. The minimum atomic E-state index is 0.522. The second-order valence-corrected chi connectivity index (χ2v) is 5.38. The predicted molar refractivity (Wildman–Crippen MR) is 71.8 cm³/mol. The minimum absolute atomic E-state index is 0.522. The van der Waals surface area contributed by atoms with E-state index in [1.165, 1.54) is 14.8 Å². The van der Waals surface area contributed by atoms with Gasteiger partial charge in [-0.2, -0.15) is 0 Å². The third-order valence-electron chi connectivity index (χ3n) is 2.57. The number of anilines is 1. The van der Waals surface area contributed by atoms with Gasteiger partial charge < -0.3 is 5.32 Å². The second kappa shape index (κ2) is 5.01. The molecule has 1 rings (SSSR count). The van der Waals surface area contributed by atoms with Gasteiger partial charge in [-0.1, -0.05) is 13.8 Å². The molecule has 0 bridgehead atoms. The summed E-state index contributed by atoms with van der Waals surface area (Å²) < 4.78 is 1.29. The Morgan fingerprint density at radius 1 is 1.21 bits per heavy atom. The topological polar surface area (TPSA) is 12.0 Å². The van der Waals surface area contributed by atoms with E-state index in [9.17, 15) is 0 Å². The summed E-state index contributed by atoms with van der Waals surface area (Å²) >= 11 is 2.34. The Balaban J connectivity index is 2.77. The van der Waals surface area contributed by atoms with Gasteiger partial charge >= 0.3 is 0 Å². The van der Waals surface area contributed by atoms with Crippen molar-refractivity contribution in [3.8, 4) is 0 Å². The molecular formula is C12H18IN. The molecule has 1 atom stereocenters. The lowest BCUT2D eigenvalue weighted by molar-refractivity contribution is 0.560. The van der Waals surface area contributed by atoms with Crippen molar-refractivity contribution in [1.29, 1.82) is 0 Å². The average molecular weight is 303 g/mol. The Bertz CT molecular complexity index is 307. The molecule has 14 heavy (non-hydrogen) atoms. The van der Waals surface area contributed by atoms with E-state index < -0.39 is 0 Å². The van der Waals surface area contributed by atoms with E-state index in [1.54, 1.807) is 0 Å². The lowest BCUT2D eigenvalue weighted by atomic mass is 10.1. The molecule has 0 aliphatic heterocycles. The number of nitrogens with one attached hydrogen (secondary N) is 1. The summed E-state index contributed by atoms with van der Waals surface area (Å²) in [6, 6.07) is 7.03. The van der Waals surface area contributed by atoms with Gasteiger partial charge in [0.25, 0.3) is 0 Å². The van der Waals surface area contributed by atoms with E-state index in [0.717, 1.165) is 0 Å². The van der Waals surface area contributed by atoms with Crippen LogP contribution in [0.15, 0.2) is 18.2 Å². The van der Waals surface area contributed by atoms with Crippen LogP contribution in [0.2, 0.25) is 0 Å². The fraction of sp³-hybridized carbons (Fsp3) is 0.500. The molecule has 1 unspecified atom stereocenters. The van der Waals surface area contributed by atoms with Crippen LogP contribution in [0.1, 0.15) is 26.3 Å². The van der Waals surface area contributed by atoms with Crippen molar-refractivity contribution < 1.29 is 0 Å². The highest BCUT2D eigenvalue weighted by molar-refractivity contribution is 14.1. The first-order valence-electron chi connectivity index (χ1n) is 5.03. The van der Waals surface area contributed by atoms with E-state index in [0.29, 0.717) is 12.0 Å². The molecule has 0 saturated heterocycles. The largest absolute Gasteiger partial charge is 0.382 e. The summed E-state index contributed by atoms with van der Waals surface area (Å²) in [5, 5.41) is 3.53. The fourth-order valence-electron chi connectivity index (χ4n) is 1.20. The van der Waals surface area contributed by atoms with Crippen LogP contribution >= 0.6 is 22.6 Å². The Labute approximate surface area is 100 Å². The summed E-state index contributed by atoms with van der Waals surface area (Å²) in [5.74, 6) is 0.661. The highest BCUT2D eigenvalue weighted by atomic mass is 127. The van der Waals surface area contributed by atoms with Crippen LogP contribution in [0, 0.1) is 16.4 Å². The Morgan fingerprint density at radius 2 is 1.86 bits per heavy atom. The monoisotopic (exact) mass is 303 g/mol. The molecule has 0 spiro atoms. The van der Waals surface area contributed by atoms with Crippen molar-refractivity contribution in [2.45, 2.75) is 33.7 Å². The first kappa shape index (κ1) is 11.8. The smallest absolute Gasteiger partial charge is 0.0372 e. The molecule has 0 aliphatic carbocycles. The van der Waals surface area contributed by atoms with E-state index in [1.807, 2.05) is 0 Å². The molecule has 0 aromatic heterocycles. The number of aryl methyl sites for hydroxylation is 1. The summed E-state index contributed by atoms with van der Waals surface area (Å²) in [7, 11) is 0. The summed E-state index contributed by atoms with van der Waals surface area (Å²) in [5.41, 5.74) is 2.58. The van der Waals surface area contributed by atoms with E-state index in [-0.39, 0.29) is 0 Å². The van der Waals surface area contributed by atoms with E-state index in [4.69, 9.17) is 0 Å². The van der Waals surface area contributed by atoms with Crippen molar-refractivity contribution >= 4 is 28.3 Å². The number of hydrogen-bond acceptors (Lipinski definition) is 1. The highest BCUT2D eigenvalue weighted by Gasteiger charge is 2.07. The van der Waals surface area contributed by atoms with Gasteiger partial charge in [-0.05, 0) is 66.1 Å².